The molecule has 9 heteroatoms. The summed E-state index contributed by atoms with van der Waals surface area (Å²) in [5, 5.41) is 0.100. The highest BCUT2D eigenvalue weighted by molar-refractivity contribution is 7.98. The third kappa shape index (κ3) is 2.77. The molecule has 0 saturated carbocycles. The Morgan fingerprint density at radius 3 is 2.55 bits per heavy atom. The molecule has 1 heterocycles. The molecule has 0 fully saturated rings. The maximum atomic E-state index is 12.6. The number of halogens is 3. The summed E-state index contributed by atoms with van der Waals surface area (Å²) in [6, 6.07) is 3.92. The lowest BCUT2D eigenvalue weighted by Gasteiger charge is -2.09. The Labute approximate surface area is 114 Å². The van der Waals surface area contributed by atoms with E-state index in [0.29, 0.717) is 4.57 Å². The normalized spacial score (nSPS) is 11.6. The zero-order chi connectivity index (χ0) is 14.9. The topological polar surface area (TPSA) is 67.8 Å². The molecule has 2 aromatic rings. The minimum atomic E-state index is -4.56. The number of nitrogens with one attached hydrogen (secondary N) is 1. The first-order valence-corrected chi connectivity index (χ1v) is 6.50. The monoisotopic (exact) mass is 303 g/mol. The van der Waals surface area contributed by atoms with Gasteiger partial charge < -0.3 is 0 Å². The number of hydrogen-bond donors (Lipinski definition) is 1. The minimum Gasteiger partial charge on any atom is -0.286 e. The largest absolute Gasteiger partial charge is 0.416 e. The molecule has 5 nitrogen and oxygen atoms in total. The van der Waals surface area contributed by atoms with Crippen LogP contribution in [0, 0.1) is 0 Å². The van der Waals surface area contributed by atoms with E-state index in [1.165, 1.54) is 6.07 Å². The number of benzene rings is 1. The predicted octanol–water partition coefficient (Wildman–Crippen LogP) is 1.66. The Morgan fingerprint density at radius 2 is 2.00 bits per heavy atom. The summed E-state index contributed by atoms with van der Waals surface area (Å²) in [4.78, 5) is 29.3. The van der Waals surface area contributed by atoms with Crippen LogP contribution in [0.2, 0.25) is 0 Å². The first-order valence-electron chi connectivity index (χ1n) is 5.28. The van der Waals surface area contributed by atoms with Crippen LogP contribution >= 0.6 is 11.8 Å². The van der Waals surface area contributed by atoms with Gasteiger partial charge in [-0.05, 0) is 24.5 Å². The van der Waals surface area contributed by atoms with Crippen molar-refractivity contribution in [1.82, 2.24) is 14.5 Å². The van der Waals surface area contributed by atoms with Crippen LogP contribution in [0.4, 0.5) is 13.2 Å². The average Bonchev–Trinajstić information content (AvgIpc) is 2.37. The van der Waals surface area contributed by atoms with Gasteiger partial charge in [-0.2, -0.15) is 18.2 Å². The second-order valence-electron chi connectivity index (χ2n) is 3.72. The van der Waals surface area contributed by atoms with Gasteiger partial charge in [0.15, 0.2) is 5.16 Å². The number of rotatable bonds is 2. The molecule has 20 heavy (non-hydrogen) atoms. The van der Waals surface area contributed by atoms with Crippen molar-refractivity contribution >= 4 is 11.8 Å². The van der Waals surface area contributed by atoms with E-state index in [9.17, 15) is 22.8 Å². The van der Waals surface area contributed by atoms with Crippen molar-refractivity contribution in [3.63, 3.8) is 0 Å². The van der Waals surface area contributed by atoms with Gasteiger partial charge in [0.2, 0.25) is 0 Å². The first kappa shape index (κ1) is 14.4. The Morgan fingerprint density at radius 1 is 1.30 bits per heavy atom. The van der Waals surface area contributed by atoms with Crippen molar-refractivity contribution in [1.29, 1.82) is 0 Å². The smallest absolute Gasteiger partial charge is 0.286 e. The van der Waals surface area contributed by atoms with E-state index >= 15 is 0 Å². The molecule has 0 atom stereocenters. The zero-order valence-corrected chi connectivity index (χ0v) is 10.9. The van der Waals surface area contributed by atoms with Gasteiger partial charge in [-0.1, -0.05) is 17.8 Å². The van der Waals surface area contributed by atoms with E-state index in [0.717, 1.165) is 30.0 Å². The Bertz CT molecular complexity index is 720. The van der Waals surface area contributed by atoms with Crippen molar-refractivity contribution in [2.24, 2.45) is 0 Å². The van der Waals surface area contributed by atoms with Crippen LogP contribution in [0.5, 0.6) is 0 Å². The summed E-state index contributed by atoms with van der Waals surface area (Å²) < 4.78 is 38.4. The van der Waals surface area contributed by atoms with E-state index in [4.69, 9.17) is 0 Å². The molecular weight excluding hydrogens is 295 g/mol. The van der Waals surface area contributed by atoms with Gasteiger partial charge in [0.05, 0.1) is 11.3 Å². The van der Waals surface area contributed by atoms with E-state index < -0.39 is 23.1 Å². The number of aromatic nitrogens is 3. The summed E-state index contributed by atoms with van der Waals surface area (Å²) in [6.07, 6.45) is -2.95. The van der Waals surface area contributed by atoms with E-state index in [1.807, 2.05) is 0 Å². The van der Waals surface area contributed by atoms with Gasteiger partial charge in [-0.3, -0.25) is 4.98 Å². The molecule has 1 N–H and O–H groups in total. The number of aromatic amines is 1. The molecule has 106 valence electrons. The Balaban J connectivity index is 2.64. The van der Waals surface area contributed by atoms with Gasteiger partial charge >= 0.3 is 17.6 Å². The summed E-state index contributed by atoms with van der Waals surface area (Å²) >= 11 is 1.05. The van der Waals surface area contributed by atoms with E-state index in [2.05, 4.69) is 9.97 Å². The van der Waals surface area contributed by atoms with Gasteiger partial charge in [-0.15, -0.1) is 0 Å². The van der Waals surface area contributed by atoms with Crippen molar-refractivity contribution in [2.75, 3.05) is 6.26 Å². The quantitative estimate of drug-likeness (QED) is 0.857. The van der Waals surface area contributed by atoms with Crippen LogP contribution in [0.25, 0.3) is 5.69 Å². The molecule has 2 rings (SSSR count). The fourth-order valence-corrected chi connectivity index (χ4v) is 1.90. The third-order valence-corrected chi connectivity index (χ3v) is 3.01. The van der Waals surface area contributed by atoms with Crippen molar-refractivity contribution in [3.05, 3.63) is 50.8 Å². The second-order valence-corrected chi connectivity index (χ2v) is 4.51. The molecule has 0 aliphatic heterocycles. The third-order valence-electron chi connectivity index (χ3n) is 2.43. The molecule has 0 aliphatic rings. The van der Waals surface area contributed by atoms with E-state index in [-0.39, 0.29) is 10.8 Å². The number of H-pyrrole nitrogens is 1. The molecule has 0 spiro atoms. The molecule has 0 bridgehead atoms. The Hall–Kier alpha value is -2.03. The lowest BCUT2D eigenvalue weighted by atomic mass is 10.2. The standard InChI is InChI=1S/C11H8F3N3O2S/c1-20-8-15-9(18)17(10(19)16-8)7-4-2-3-6(5-7)11(12,13)14/h2-5H,1H3,(H,15,16,18,19). The summed E-state index contributed by atoms with van der Waals surface area (Å²) in [7, 11) is 0. The summed E-state index contributed by atoms with van der Waals surface area (Å²) in [5.74, 6) is 0. The first-order chi connectivity index (χ1) is 9.32. The minimum absolute atomic E-state index is 0.100. The van der Waals surface area contributed by atoms with Crippen molar-refractivity contribution in [2.45, 2.75) is 11.3 Å². The van der Waals surface area contributed by atoms with Crippen LogP contribution in [0.3, 0.4) is 0 Å². The molecule has 1 aromatic carbocycles. The van der Waals surface area contributed by atoms with Crippen LogP contribution in [-0.4, -0.2) is 20.8 Å². The van der Waals surface area contributed by atoms with Gasteiger partial charge in [-0.25, -0.2) is 14.2 Å². The summed E-state index contributed by atoms with van der Waals surface area (Å²) in [5.41, 5.74) is -2.91. The fourth-order valence-electron chi connectivity index (χ4n) is 1.54. The highest BCUT2D eigenvalue weighted by Gasteiger charge is 2.30. The molecule has 0 radical (unpaired) electrons. The van der Waals surface area contributed by atoms with Gasteiger partial charge in [0.1, 0.15) is 0 Å². The maximum absolute atomic E-state index is 12.6. The van der Waals surface area contributed by atoms with Gasteiger partial charge in [0, 0.05) is 0 Å². The lowest BCUT2D eigenvalue weighted by Crippen LogP contribution is -2.36. The molecule has 0 unspecified atom stereocenters. The molecular formula is C11H8F3N3O2S. The molecule has 0 saturated heterocycles. The lowest BCUT2D eigenvalue weighted by molar-refractivity contribution is -0.137. The number of nitrogens with zero attached hydrogens (tertiary/aromatic N) is 2. The molecule has 0 aliphatic carbocycles. The average molecular weight is 303 g/mol. The SMILES string of the molecule is CSc1nc(=O)n(-c2cccc(C(F)(F)F)c2)c(=O)[nH]1. The highest BCUT2D eigenvalue weighted by atomic mass is 32.2. The maximum Gasteiger partial charge on any atom is 0.416 e. The van der Waals surface area contributed by atoms with Crippen molar-refractivity contribution < 1.29 is 13.2 Å². The van der Waals surface area contributed by atoms with Crippen LogP contribution in [0.1, 0.15) is 5.56 Å². The number of thioether (sulfide) groups is 1. The van der Waals surface area contributed by atoms with Crippen LogP contribution in [-0.2, 0) is 6.18 Å². The van der Waals surface area contributed by atoms with Crippen LogP contribution in [0.15, 0.2) is 39.0 Å². The van der Waals surface area contributed by atoms with Gasteiger partial charge in [0.25, 0.3) is 0 Å². The molecule has 0 amide bonds. The van der Waals surface area contributed by atoms with E-state index in [1.54, 1.807) is 6.26 Å². The predicted molar refractivity (Wildman–Crippen MR) is 67.2 cm³/mol. The van der Waals surface area contributed by atoms with Crippen molar-refractivity contribution in [3.8, 4) is 5.69 Å². The molecule has 1 aromatic heterocycles. The Kier molecular flexibility index (Phi) is 3.71. The highest BCUT2D eigenvalue weighted by Crippen LogP contribution is 2.29. The summed E-state index contributed by atoms with van der Waals surface area (Å²) in [6.45, 7) is 0. The fraction of sp³-hybridized carbons (Fsp3) is 0.182. The second kappa shape index (κ2) is 5.16. The number of hydrogen-bond acceptors (Lipinski definition) is 4. The number of alkyl halides is 3. The zero-order valence-electron chi connectivity index (χ0n) is 10.1. The van der Waals surface area contributed by atoms with Crippen LogP contribution < -0.4 is 11.4 Å².